The molecule has 3 aromatic rings. The van der Waals surface area contributed by atoms with E-state index in [4.69, 9.17) is 9.26 Å². The number of likely N-dealkylation sites (tertiary alicyclic amines) is 1. The summed E-state index contributed by atoms with van der Waals surface area (Å²) in [6.07, 6.45) is 2.61. The molecule has 1 aliphatic rings. The van der Waals surface area contributed by atoms with Gasteiger partial charge in [-0.1, -0.05) is 21.1 Å². The van der Waals surface area contributed by atoms with Gasteiger partial charge in [0.05, 0.1) is 7.11 Å². The number of carbonyl (C=O) groups excluding carboxylic acids is 1. The molecule has 7 heteroatoms. The number of hydrogen-bond acceptors (Lipinski definition) is 5. The fourth-order valence-electron chi connectivity index (χ4n) is 3.56. The van der Waals surface area contributed by atoms with Crippen LogP contribution in [-0.2, 0) is 6.42 Å². The largest absolute Gasteiger partial charge is 0.497 e. The molecule has 4 rings (SSSR count). The van der Waals surface area contributed by atoms with Crippen molar-refractivity contribution in [3.05, 3.63) is 64.5 Å². The molecule has 1 fully saturated rings. The van der Waals surface area contributed by atoms with E-state index in [9.17, 15) is 4.79 Å². The average Bonchev–Trinajstić information content (AvgIpc) is 3.23. The number of carbonyl (C=O) groups is 1. The monoisotopic (exact) mass is 455 g/mol. The van der Waals surface area contributed by atoms with Gasteiger partial charge in [-0.15, -0.1) is 0 Å². The van der Waals surface area contributed by atoms with Gasteiger partial charge in [0.25, 0.3) is 5.91 Å². The summed E-state index contributed by atoms with van der Waals surface area (Å²) >= 11 is 3.40. The number of rotatable bonds is 5. The average molecular weight is 456 g/mol. The molecule has 1 amide bonds. The van der Waals surface area contributed by atoms with Crippen molar-refractivity contribution >= 4 is 21.8 Å². The number of piperidine rings is 1. The summed E-state index contributed by atoms with van der Waals surface area (Å²) in [6.45, 7) is 1.50. The summed E-state index contributed by atoms with van der Waals surface area (Å²) in [4.78, 5) is 19.1. The molecule has 0 saturated carbocycles. The number of benzene rings is 2. The second-order valence-electron chi connectivity index (χ2n) is 7.19. The molecule has 0 spiro atoms. The molecule has 0 atom stereocenters. The Hall–Kier alpha value is -2.67. The second kappa shape index (κ2) is 8.78. The highest BCUT2D eigenvalue weighted by Crippen LogP contribution is 2.25. The Labute approximate surface area is 178 Å². The predicted octanol–water partition coefficient (Wildman–Crippen LogP) is 4.60. The maximum atomic E-state index is 12.6. The molecular formula is C22H22BrN3O3. The normalized spacial score (nSPS) is 14.8. The first-order valence-corrected chi connectivity index (χ1v) is 10.4. The SMILES string of the molecule is COc1ccc(-c2noc(CC3CCN(C(=O)c4ccc(Br)cc4)CC3)n2)cc1. The fourth-order valence-corrected chi connectivity index (χ4v) is 3.82. The number of amides is 1. The fraction of sp³-hybridized carbons (Fsp3) is 0.318. The third kappa shape index (κ3) is 4.67. The van der Waals surface area contributed by atoms with Gasteiger partial charge in [0, 0.05) is 35.1 Å². The molecule has 29 heavy (non-hydrogen) atoms. The number of methoxy groups -OCH3 is 1. The molecule has 2 heterocycles. The van der Waals surface area contributed by atoms with Crippen molar-refractivity contribution in [3.63, 3.8) is 0 Å². The van der Waals surface area contributed by atoms with Crippen LogP contribution in [-0.4, -0.2) is 41.1 Å². The van der Waals surface area contributed by atoms with Crippen molar-refractivity contribution in [1.29, 1.82) is 0 Å². The Morgan fingerprint density at radius 2 is 1.83 bits per heavy atom. The first-order valence-electron chi connectivity index (χ1n) is 9.64. The highest BCUT2D eigenvalue weighted by molar-refractivity contribution is 9.10. The molecule has 1 aromatic heterocycles. The summed E-state index contributed by atoms with van der Waals surface area (Å²) in [5.74, 6) is 2.56. The minimum absolute atomic E-state index is 0.0931. The maximum Gasteiger partial charge on any atom is 0.253 e. The van der Waals surface area contributed by atoms with Crippen LogP contribution in [0.15, 0.2) is 57.5 Å². The van der Waals surface area contributed by atoms with E-state index in [2.05, 4.69) is 26.1 Å². The molecule has 1 aliphatic heterocycles. The van der Waals surface area contributed by atoms with Gasteiger partial charge in [-0.25, -0.2) is 0 Å². The zero-order valence-electron chi connectivity index (χ0n) is 16.2. The van der Waals surface area contributed by atoms with Crippen molar-refractivity contribution in [2.45, 2.75) is 19.3 Å². The molecule has 2 aromatic carbocycles. The van der Waals surface area contributed by atoms with Crippen LogP contribution in [0.2, 0.25) is 0 Å². The van der Waals surface area contributed by atoms with Crippen LogP contribution in [0.5, 0.6) is 5.75 Å². The van der Waals surface area contributed by atoms with Crippen LogP contribution in [0.4, 0.5) is 0 Å². The minimum atomic E-state index is 0.0931. The molecule has 0 unspecified atom stereocenters. The Bertz CT molecular complexity index is 962. The lowest BCUT2D eigenvalue weighted by Crippen LogP contribution is -2.38. The van der Waals surface area contributed by atoms with Gasteiger partial charge in [0.1, 0.15) is 5.75 Å². The van der Waals surface area contributed by atoms with Gasteiger partial charge in [-0.2, -0.15) is 4.98 Å². The number of aromatic nitrogens is 2. The quantitative estimate of drug-likeness (QED) is 0.561. The molecule has 0 radical (unpaired) electrons. The zero-order chi connectivity index (χ0) is 20.2. The third-order valence-electron chi connectivity index (χ3n) is 5.27. The predicted molar refractivity (Wildman–Crippen MR) is 113 cm³/mol. The van der Waals surface area contributed by atoms with Crippen molar-refractivity contribution in [3.8, 4) is 17.1 Å². The first-order chi connectivity index (χ1) is 14.1. The van der Waals surface area contributed by atoms with Gasteiger partial charge in [0.15, 0.2) is 0 Å². The van der Waals surface area contributed by atoms with Gasteiger partial charge in [0.2, 0.25) is 11.7 Å². The van der Waals surface area contributed by atoms with E-state index in [1.165, 1.54) is 0 Å². The van der Waals surface area contributed by atoms with Crippen molar-refractivity contribution in [2.24, 2.45) is 5.92 Å². The van der Waals surface area contributed by atoms with Crippen molar-refractivity contribution in [2.75, 3.05) is 20.2 Å². The smallest absolute Gasteiger partial charge is 0.253 e. The van der Waals surface area contributed by atoms with Crippen LogP contribution in [0, 0.1) is 5.92 Å². The second-order valence-corrected chi connectivity index (χ2v) is 8.10. The van der Waals surface area contributed by atoms with E-state index in [1.807, 2.05) is 53.4 Å². The molecule has 6 nitrogen and oxygen atoms in total. The van der Waals surface area contributed by atoms with Crippen molar-refractivity contribution in [1.82, 2.24) is 15.0 Å². The summed E-state index contributed by atoms with van der Waals surface area (Å²) in [6, 6.07) is 15.1. The minimum Gasteiger partial charge on any atom is -0.497 e. The van der Waals surface area contributed by atoms with Crippen LogP contribution in [0.25, 0.3) is 11.4 Å². The van der Waals surface area contributed by atoms with Crippen LogP contribution >= 0.6 is 15.9 Å². The number of nitrogens with zero attached hydrogens (tertiary/aromatic N) is 3. The van der Waals surface area contributed by atoms with Crippen LogP contribution in [0.1, 0.15) is 29.1 Å². The highest BCUT2D eigenvalue weighted by Gasteiger charge is 2.25. The van der Waals surface area contributed by atoms with E-state index in [1.54, 1.807) is 7.11 Å². The Balaban J connectivity index is 1.32. The molecule has 0 N–H and O–H groups in total. The zero-order valence-corrected chi connectivity index (χ0v) is 17.8. The Kier molecular flexibility index (Phi) is 5.94. The van der Waals surface area contributed by atoms with E-state index < -0.39 is 0 Å². The lowest BCUT2D eigenvalue weighted by molar-refractivity contribution is 0.0687. The van der Waals surface area contributed by atoms with Gasteiger partial charge >= 0.3 is 0 Å². The topological polar surface area (TPSA) is 68.5 Å². The van der Waals surface area contributed by atoms with Crippen molar-refractivity contribution < 1.29 is 14.1 Å². The van der Waals surface area contributed by atoms with Crippen LogP contribution in [0.3, 0.4) is 0 Å². The van der Waals surface area contributed by atoms with E-state index in [0.717, 1.165) is 53.7 Å². The number of halogens is 1. The Morgan fingerprint density at radius 1 is 1.14 bits per heavy atom. The van der Waals surface area contributed by atoms with Gasteiger partial charge < -0.3 is 14.2 Å². The maximum absolute atomic E-state index is 12.6. The molecule has 0 aliphatic carbocycles. The number of hydrogen-bond donors (Lipinski definition) is 0. The highest BCUT2D eigenvalue weighted by atomic mass is 79.9. The summed E-state index contributed by atoms with van der Waals surface area (Å²) in [5.41, 5.74) is 1.63. The molecule has 0 bridgehead atoms. The summed E-state index contributed by atoms with van der Waals surface area (Å²) < 4.78 is 11.6. The number of ether oxygens (including phenoxy) is 1. The Morgan fingerprint density at radius 3 is 2.48 bits per heavy atom. The first kappa shape index (κ1) is 19.6. The lowest BCUT2D eigenvalue weighted by atomic mass is 9.93. The standard InChI is InChI=1S/C22H22BrN3O3/c1-28-19-8-4-16(5-9-19)21-24-20(29-25-21)14-15-10-12-26(13-11-15)22(27)17-2-6-18(23)7-3-17/h2-9,15H,10-14H2,1H3. The van der Waals surface area contributed by atoms with E-state index >= 15 is 0 Å². The van der Waals surface area contributed by atoms with E-state index in [0.29, 0.717) is 17.6 Å². The molecular weight excluding hydrogens is 434 g/mol. The molecule has 1 saturated heterocycles. The molecule has 150 valence electrons. The summed E-state index contributed by atoms with van der Waals surface area (Å²) in [7, 11) is 1.64. The van der Waals surface area contributed by atoms with Gasteiger partial charge in [-0.05, 0) is 67.3 Å². The van der Waals surface area contributed by atoms with E-state index in [-0.39, 0.29) is 5.91 Å². The van der Waals surface area contributed by atoms with Crippen LogP contribution < -0.4 is 4.74 Å². The lowest BCUT2D eigenvalue weighted by Gasteiger charge is -2.31. The summed E-state index contributed by atoms with van der Waals surface area (Å²) in [5, 5.41) is 4.10. The van der Waals surface area contributed by atoms with Gasteiger partial charge in [-0.3, -0.25) is 4.79 Å². The third-order valence-corrected chi connectivity index (χ3v) is 5.80.